The molecule has 11 heavy (non-hydrogen) atoms. The number of hydrogen-bond acceptors (Lipinski definition) is 3. The summed E-state index contributed by atoms with van der Waals surface area (Å²) in [5, 5.41) is 8.38. The van der Waals surface area contributed by atoms with E-state index in [1.165, 1.54) is 4.88 Å². The van der Waals surface area contributed by atoms with Crippen LogP contribution >= 0.6 is 11.3 Å². The van der Waals surface area contributed by atoms with Crippen molar-refractivity contribution >= 4 is 11.3 Å². The first-order valence-corrected chi connectivity index (χ1v) is 4.24. The minimum absolute atomic E-state index is 0.0984. The number of nitriles is 1. The number of rotatable bonds is 2. The second kappa shape index (κ2) is 3.51. The Morgan fingerprint density at radius 3 is 2.91 bits per heavy atom. The summed E-state index contributed by atoms with van der Waals surface area (Å²) in [6.45, 7) is 2.03. The van der Waals surface area contributed by atoms with Gasteiger partial charge in [0.15, 0.2) is 0 Å². The van der Waals surface area contributed by atoms with Gasteiger partial charge < -0.3 is 5.73 Å². The standard InChI is InChI=1S/C8H10N2S/c1-6-2-3-8(11-6)7(10)4-5-9/h2-3,7H,4,10H2,1H3/t7-/m0/s1. The lowest BCUT2D eigenvalue weighted by atomic mass is 10.2. The van der Waals surface area contributed by atoms with E-state index in [-0.39, 0.29) is 6.04 Å². The van der Waals surface area contributed by atoms with Gasteiger partial charge in [0.1, 0.15) is 0 Å². The van der Waals surface area contributed by atoms with Crippen LogP contribution < -0.4 is 5.73 Å². The molecular weight excluding hydrogens is 156 g/mol. The lowest BCUT2D eigenvalue weighted by Crippen LogP contribution is -2.06. The molecule has 2 N–H and O–H groups in total. The molecule has 1 rings (SSSR count). The first-order valence-electron chi connectivity index (χ1n) is 3.43. The maximum absolute atomic E-state index is 8.38. The first kappa shape index (κ1) is 8.25. The van der Waals surface area contributed by atoms with Crippen LogP contribution in [0.3, 0.4) is 0 Å². The van der Waals surface area contributed by atoms with E-state index in [9.17, 15) is 0 Å². The van der Waals surface area contributed by atoms with Crippen LogP contribution in [0.1, 0.15) is 22.2 Å². The molecule has 0 radical (unpaired) electrons. The highest BCUT2D eigenvalue weighted by Crippen LogP contribution is 2.22. The molecule has 1 aromatic rings. The normalized spacial score (nSPS) is 12.5. The third kappa shape index (κ3) is 2.04. The third-order valence-electron chi connectivity index (χ3n) is 1.44. The second-order valence-electron chi connectivity index (χ2n) is 2.42. The molecule has 1 aromatic heterocycles. The summed E-state index contributed by atoms with van der Waals surface area (Å²) in [6.07, 6.45) is 0.403. The van der Waals surface area contributed by atoms with E-state index in [0.717, 1.165) is 4.88 Å². The summed E-state index contributed by atoms with van der Waals surface area (Å²) < 4.78 is 0. The summed E-state index contributed by atoms with van der Waals surface area (Å²) in [5.74, 6) is 0. The van der Waals surface area contributed by atoms with Crippen molar-refractivity contribution < 1.29 is 0 Å². The molecule has 0 fully saturated rings. The minimum Gasteiger partial charge on any atom is -0.322 e. The van der Waals surface area contributed by atoms with E-state index < -0.39 is 0 Å². The van der Waals surface area contributed by atoms with Gasteiger partial charge in [0.25, 0.3) is 0 Å². The summed E-state index contributed by atoms with van der Waals surface area (Å²) in [6, 6.07) is 5.97. The Bertz CT molecular complexity index is 272. The van der Waals surface area contributed by atoms with E-state index in [0.29, 0.717) is 6.42 Å². The van der Waals surface area contributed by atoms with Crippen molar-refractivity contribution in [2.45, 2.75) is 19.4 Å². The fraction of sp³-hybridized carbons (Fsp3) is 0.375. The molecule has 58 valence electrons. The number of thiophene rings is 1. The first-order chi connectivity index (χ1) is 5.24. The van der Waals surface area contributed by atoms with E-state index in [1.54, 1.807) is 11.3 Å². The van der Waals surface area contributed by atoms with Gasteiger partial charge in [-0.1, -0.05) is 0 Å². The molecule has 0 aliphatic heterocycles. The quantitative estimate of drug-likeness (QED) is 0.730. The van der Waals surface area contributed by atoms with Gasteiger partial charge in [0.2, 0.25) is 0 Å². The Morgan fingerprint density at radius 2 is 2.45 bits per heavy atom. The monoisotopic (exact) mass is 166 g/mol. The Labute approximate surface area is 70.3 Å². The van der Waals surface area contributed by atoms with Crippen LogP contribution in [-0.4, -0.2) is 0 Å². The van der Waals surface area contributed by atoms with E-state index in [1.807, 2.05) is 19.1 Å². The SMILES string of the molecule is Cc1ccc([C@@H](N)CC#N)s1. The molecule has 0 aliphatic rings. The molecule has 0 bridgehead atoms. The van der Waals surface area contributed by atoms with Crippen molar-refractivity contribution in [3.05, 3.63) is 21.9 Å². The van der Waals surface area contributed by atoms with Crippen LogP contribution in [-0.2, 0) is 0 Å². The summed E-state index contributed by atoms with van der Waals surface area (Å²) in [7, 11) is 0. The molecule has 1 heterocycles. The molecule has 0 saturated carbocycles. The largest absolute Gasteiger partial charge is 0.322 e. The van der Waals surface area contributed by atoms with Crippen LogP contribution in [0.25, 0.3) is 0 Å². The lowest BCUT2D eigenvalue weighted by Gasteiger charge is -2.01. The number of aryl methyl sites for hydroxylation is 1. The van der Waals surface area contributed by atoms with Gasteiger partial charge in [-0.05, 0) is 19.1 Å². The average Bonchev–Trinajstić information content (AvgIpc) is 2.36. The number of nitrogens with two attached hydrogens (primary N) is 1. The Balaban J connectivity index is 2.70. The molecule has 0 unspecified atom stereocenters. The average molecular weight is 166 g/mol. The van der Waals surface area contributed by atoms with Gasteiger partial charge in [0.05, 0.1) is 18.5 Å². The zero-order valence-electron chi connectivity index (χ0n) is 6.37. The van der Waals surface area contributed by atoms with E-state index in [4.69, 9.17) is 11.0 Å². The van der Waals surface area contributed by atoms with Crippen molar-refractivity contribution in [1.82, 2.24) is 0 Å². The Morgan fingerprint density at radius 1 is 1.73 bits per heavy atom. The van der Waals surface area contributed by atoms with Crippen LogP contribution in [0.5, 0.6) is 0 Å². The number of nitrogens with zero attached hydrogens (tertiary/aromatic N) is 1. The predicted octanol–water partition coefficient (Wildman–Crippen LogP) is 1.97. The van der Waals surface area contributed by atoms with E-state index in [2.05, 4.69) is 6.07 Å². The van der Waals surface area contributed by atoms with Gasteiger partial charge in [0, 0.05) is 9.75 Å². The molecular formula is C8H10N2S. The van der Waals surface area contributed by atoms with Crippen LogP contribution in [0.15, 0.2) is 12.1 Å². The highest BCUT2D eigenvalue weighted by atomic mass is 32.1. The predicted molar refractivity (Wildman–Crippen MR) is 46.2 cm³/mol. The smallest absolute Gasteiger partial charge is 0.0642 e. The molecule has 1 atom stereocenters. The molecule has 0 amide bonds. The minimum atomic E-state index is -0.0984. The highest BCUT2D eigenvalue weighted by Gasteiger charge is 2.06. The topological polar surface area (TPSA) is 49.8 Å². The fourth-order valence-electron chi connectivity index (χ4n) is 0.852. The summed E-state index contributed by atoms with van der Waals surface area (Å²) in [4.78, 5) is 2.34. The summed E-state index contributed by atoms with van der Waals surface area (Å²) in [5.41, 5.74) is 5.71. The van der Waals surface area contributed by atoms with Crippen molar-refractivity contribution in [2.75, 3.05) is 0 Å². The third-order valence-corrected chi connectivity index (χ3v) is 2.57. The maximum Gasteiger partial charge on any atom is 0.0642 e. The van der Waals surface area contributed by atoms with Crippen molar-refractivity contribution in [2.24, 2.45) is 5.73 Å². The zero-order chi connectivity index (χ0) is 8.27. The fourth-order valence-corrected chi connectivity index (χ4v) is 1.73. The van der Waals surface area contributed by atoms with Crippen LogP contribution in [0, 0.1) is 18.3 Å². The lowest BCUT2D eigenvalue weighted by molar-refractivity contribution is 0.765. The highest BCUT2D eigenvalue weighted by molar-refractivity contribution is 7.12. The number of hydrogen-bond donors (Lipinski definition) is 1. The van der Waals surface area contributed by atoms with Crippen LogP contribution in [0.4, 0.5) is 0 Å². The molecule has 0 aromatic carbocycles. The van der Waals surface area contributed by atoms with E-state index >= 15 is 0 Å². The van der Waals surface area contributed by atoms with Gasteiger partial charge in [-0.2, -0.15) is 5.26 Å². The molecule has 0 saturated heterocycles. The second-order valence-corrected chi connectivity index (χ2v) is 3.74. The van der Waals surface area contributed by atoms with Gasteiger partial charge >= 0.3 is 0 Å². The molecule has 0 spiro atoms. The van der Waals surface area contributed by atoms with Crippen molar-refractivity contribution in [1.29, 1.82) is 5.26 Å². The van der Waals surface area contributed by atoms with Crippen molar-refractivity contribution in [3.8, 4) is 6.07 Å². The van der Waals surface area contributed by atoms with Gasteiger partial charge in [-0.15, -0.1) is 11.3 Å². The van der Waals surface area contributed by atoms with Crippen molar-refractivity contribution in [3.63, 3.8) is 0 Å². The zero-order valence-corrected chi connectivity index (χ0v) is 7.19. The Kier molecular flexibility index (Phi) is 2.64. The Hall–Kier alpha value is -0.850. The maximum atomic E-state index is 8.38. The van der Waals surface area contributed by atoms with Gasteiger partial charge in [-0.3, -0.25) is 0 Å². The summed E-state index contributed by atoms with van der Waals surface area (Å²) >= 11 is 1.66. The van der Waals surface area contributed by atoms with Gasteiger partial charge in [-0.25, -0.2) is 0 Å². The van der Waals surface area contributed by atoms with Crippen LogP contribution in [0.2, 0.25) is 0 Å². The molecule has 0 aliphatic carbocycles. The molecule has 3 heteroatoms. The molecule has 2 nitrogen and oxygen atoms in total.